The van der Waals surface area contributed by atoms with Gasteiger partial charge in [-0.15, -0.1) is 0 Å². The summed E-state index contributed by atoms with van der Waals surface area (Å²) in [4.78, 5) is 21.7. The van der Waals surface area contributed by atoms with E-state index in [1.165, 1.54) is 12.1 Å². The van der Waals surface area contributed by atoms with Gasteiger partial charge in [-0.05, 0) is 25.3 Å². The molecule has 0 aliphatic rings. The van der Waals surface area contributed by atoms with E-state index in [0.717, 1.165) is 5.56 Å². The van der Waals surface area contributed by atoms with Gasteiger partial charge in [0, 0.05) is 18.6 Å². The molecule has 110 valence electrons. The number of nitrogens with zero attached hydrogens (tertiary/aromatic N) is 1. The molecule has 0 aliphatic carbocycles. The molecule has 1 amide bonds. The second kappa shape index (κ2) is 8.24. The lowest BCUT2D eigenvalue weighted by molar-refractivity contribution is -0.384. The number of carbonyl (C=O) groups is 1. The molecule has 0 radical (unpaired) electrons. The van der Waals surface area contributed by atoms with Crippen molar-refractivity contribution in [3.8, 4) is 0 Å². The van der Waals surface area contributed by atoms with E-state index in [1.807, 2.05) is 6.92 Å². The quantitative estimate of drug-likeness (QED) is 0.451. The lowest BCUT2D eigenvalue weighted by Crippen LogP contribution is -2.26. The molecular formula is C14H19FN2O3. The van der Waals surface area contributed by atoms with Crippen LogP contribution in [0.15, 0.2) is 24.3 Å². The molecule has 1 aromatic rings. The van der Waals surface area contributed by atoms with Gasteiger partial charge in [-0.3, -0.25) is 19.3 Å². The Bertz CT molecular complexity index is 448. The Hall–Kier alpha value is -1.98. The SMILES string of the molecule is C[C@H](NC(=O)CCCCCF)c1ccc([N+](=O)[O-])cc1. The largest absolute Gasteiger partial charge is 0.350 e. The Morgan fingerprint density at radius 2 is 1.95 bits per heavy atom. The highest BCUT2D eigenvalue weighted by atomic mass is 19.1. The summed E-state index contributed by atoms with van der Waals surface area (Å²) in [6.07, 6.45) is 2.24. The van der Waals surface area contributed by atoms with Crippen LogP contribution in [0.5, 0.6) is 0 Å². The van der Waals surface area contributed by atoms with E-state index < -0.39 is 4.92 Å². The van der Waals surface area contributed by atoms with Gasteiger partial charge in [-0.25, -0.2) is 0 Å². The number of non-ortho nitro benzene ring substituents is 1. The first-order valence-corrected chi connectivity index (χ1v) is 6.64. The zero-order chi connectivity index (χ0) is 15.0. The number of carbonyl (C=O) groups excluding carboxylic acids is 1. The molecule has 0 bridgehead atoms. The van der Waals surface area contributed by atoms with Gasteiger partial charge in [0.1, 0.15) is 0 Å². The number of benzene rings is 1. The number of hydrogen-bond acceptors (Lipinski definition) is 3. The molecule has 0 unspecified atom stereocenters. The fraction of sp³-hybridized carbons (Fsp3) is 0.500. The van der Waals surface area contributed by atoms with Crippen molar-refractivity contribution in [3.63, 3.8) is 0 Å². The highest BCUT2D eigenvalue weighted by Gasteiger charge is 2.11. The van der Waals surface area contributed by atoms with Crippen LogP contribution >= 0.6 is 0 Å². The fourth-order valence-electron chi connectivity index (χ4n) is 1.84. The predicted octanol–water partition coefficient (Wildman–Crippen LogP) is 3.30. The summed E-state index contributed by atoms with van der Waals surface area (Å²) in [5.41, 5.74) is 0.839. The van der Waals surface area contributed by atoms with Crippen LogP contribution in [0.2, 0.25) is 0 Å². The molecular weight excluding hydrogens is 263 g/mol. The Kier molecular flexibility index (Phi) is 6.63. The summed E-state index contributed by atoms with van der Waals surface area (Å²) in [6, 6.07) is 5.89. The van der Waals surface area contributed by atoms with Gasteiger partial charge >= 0.3 is 0 Å². The minimum Gasteiger partial charge on any atom is -0.350 e. The van der Waals surface area contributed by atoms with E-state index in [2.05, 4.69) is 5.32 Å². The van der Waals surface area contributed by atoms with Crippen molar-refractivity contribution in [1.29, 1.82) is 0 Å². The van der Waals surface area contributed by atoms with E-state index >= 15 is 0 Å². The molecule has 0 heterocycles. The summed E-state index contributed by atoms with van der Waals surface area (Å²) < 4.78 is 11.9. The van der Waals surface area contributed by atoms with E-state index in [0.29, 0.717) is 25.7 Å². The van der Waals surface area contributed by atoms with Gasteiger partial charge < -0.3 is 5.32 Å². The third kappa shape index (κ3) is 5.34. The van der Waals surface area contributed by atoms with Gasteiger partial charge in [0.15, 0.2) is 0 Å². The summed E-state index contributed by atoms with van der Waals surface area (Å²) in [7, 11) is 0. The fourth-order valence-corrected chi connectivity index (χ4v) is 1.84. The van der Waals surface area contributed by atoms with Crippen molar-refractivity contribution in [1.82, 2.24) is 5.32 Å². The first-order valence-electron chi connectivity index (χ1n) is 6.64. The number of amides is 1. The standard InChI is InChI=1S/C14H19FN2O3/c1-11(16-14(18)5-3-2-4-10-15)12-6-8-13(9-7-12)17(19)20/h6-9,11H,2-5,10H2,1H3,(H,16,18)/t11-/m0/s1. The first kappa shape index (κ1) is 16.1. The Morgan fingerprint density at radius 3 is 2.50 bits per heavy atom. The average molecular weight is 282 g/mol. The molecule has 1 N–H and O–H groups in total. The van der Waals surface area contributed by atoms with Crippen LogP contribution in [-0.2, 0) is 4.79 Å². The molecule has 0 spiro atoms. The van der Waals surface area contributed by atoms with Crippen LogP contribution in [0.25, 0.3) is 0 Å². The second-order valence-corrected chi connectivity index (χ2v) is 4.64. The van der Waals surface area contributed by atoms with E-state index in [9.17, 15) is 19.3 Å². The van der Waals surface area contributed by atoms with Crippen LogP contribution < -0.4 is 5.32 Å². The molecule has 1 atom stereocenters. The van der Waals surface area contributed by atoms with Gasteiger partial charge in [0.25, 0.3) is 5.69 Å². The maximum Gasteiger partial charge on any atom is 0.269 e. The van der Waals surface area contributed by atoms with Gasteiger partial charge in [0.2, 0.25) is 5.91 Å². The van der Waals surface area contributed by atoms with Crippen molar-refractivity contribution >= 4 is 11.6 Å². The maximum absolute atomic E-state index is 11.9. The lowest BCUT2D eigenvalue weighted by atomic mass is 10.1. The molecule has 0 fully saturated rings. The third-order valence-corrected chi connectivity index (χ3v) is 3.02. The van der Waals surface area contributed by atoms with E-state index in [1.54, 1.807) is 12.1 Å². The number of unbranched alkanes of at least 4 members (excludes halogenated alkanes) is 2. The summed E-state index contributed by atoms with van der Waals surface area (Å²) in [5.74, 6) is -0.0882. The number of alkyl halides is 1. The summed E-state index contributed by atoms with van der Waals surface area (Å²) in [5, 5.41) is 13.4. The average Bonchev–Trinajstić information content (AvgIpc) is 2.43. The number of nitrogens with one attached hydrogen (secondary N) is 1. The van der Waals surface area contributed by atoms with Crippen molar-refractivity contribution in [2.75, 3.05) is 6.67 Å². The Labute approximate surface area is 117 Å². The molecule has 20 heavy (non-hydrogen) atoms. The van der Waals surface area contributed by atoms with Crippen LogP contribution in [0.1, 0.15) is 44.2 Å². The second-order valence-electron chi connectivity index (χ2n) is 4.64. The number of nitro groups is 1. The molecule has 0 saturated heterocycles. The first-order chi connectivity index (χ1) is 9.54. The van der Waals surface area contributed by atoms with Gasteiger partial charge in [-0.1, -0.05) is 18.6 Å². The van der Waals surface area contributed by atoms with E-state index in [-0.39, 0.29) is 24.3 Å². The molecule has 5 nitrogen and oxygen atoms in total. The van der Waals surface area contributed by atoms with Crippen molar-refractivity contribution < 1.29 is 14.1 Å². The van der Waals surface area contributed by atoms with Crippen LogP contribution in [-0.4, -0.2) is 17.5 Å². The topological polar surface area (TPSA) is 72.2 Å². The zero-order valence-electron chi connectivity index (χ0n) is 11.5. The molecule has 0 aliphatic heterocycles. The zero-order valence-corrected chi connectivity index (χ0v) is 11.5. The molecule has 0 aromatic heterocycles. The predicted molar refractivity (Wildman–Crippen MR) is 74.1 cm³/mol. The van der Waals surface area contributed by atoms with Crippen molar-refractivity contribution in [2.24, 2.45) is 0 Å². The minimum absolute atomic E-state index is 0.0264. The third-order valence-electron chi connectivity index (χ3n) is 3.02. The number of rotatable bonds is 8. The number of nitro benzene ring substituents is 1. The molecule has 1 aromatic carbocycles. The Balaban J connectivity index is 2.43. The Morgan fingerprint density at radius 1 is 1.30 bits per heavy atom. The highest BCUT2D eigenvalue weighted by Crippen LogP contribution is 2.17. The maximum atomic E-state index is 11.9. The van der Waals surface area contributed by atoms with Crippen LogP contribution in [0.4, 0.5) is 10.1 Å². The number of hydrogen-bond donors (Lipinski definition) is 1. The smallest absolute Gasteiger partial charge is 0.269 e. The summed E-state index contributed by atoms with van der Waals surface area (Å²) >= 11 is 0. The van der Waals surface area contributed by atoms with Gasteiger partial charge in [-0.2, -0.15) is 0 Å². The molecule has 6 heteroatoms. The van der Waals surface area contributed by atoms with Crippen molar-refractivity contribution in [2.45, 2.75) is 38.6 Å². The van der Waals surface area contributed by atoms with Crippen LogP contribution in [0.3, 0.4) is 0 Å². The van der Waals surface area contributed by atoms with E-state index in [4.69, 9.17) is 0 Å². The molecule has 0 saturated carbocycles. The highest BCUT2D eigenvalue weighted by molar-refractivity contribution is 5.76. The monoisotopic (exact) mass is 282 g/mol. The van der Waals surface area contributed by atoms with Crippen LogP contribution in [0, 0.1) is 10.1 Å². The normalized spacial score (nSPS) is 11.9. The summed E-state index contributed by atoms with van der Waals surface area (Å²) in [6.45, 7) is 1.47. The number of halogens is 1. The van der Waals surface area contributed by atoms with Crippen molar-refractivity contribution in [3.05, 3.63) is 39.9 Å². The molecule has 1 rings (SSSR count). The van der Waals surface area contributed by atoms with Gasteiger partial charge in [0.05, 0.1) is 17.6 Å². The minimum atomic E-state index is -0.460. The lowest BCUT2D eigenvalue weighted by Gasteiger charge is -2.14.